The Bertz CT molecular complexity index is 720. The predicted molar refractivity (Wildman–Crippen MR) is 79.7 cm³/mol. The highest BCUT2D eigenvalue weighted by atomic mass is 79.9. The second kappa shape index (κ2) is 5.76. The van der Waals surface area contributed by atoms with Crippen LogP contribution < -0.4 is 5.32 Å². The number of phenolic OH excluding ortho intramolecular Hbond substituents is 1. The van der Waals surface area contributed by atoms with Crippen LogP contribution in [0, 0.1) is 18.3 Å². The molecule has 0 heterocycles. The van der Waals surface area contributed by atoms with Crippen molar-refractivity contribution in [2.75, 3.05) is 5.32 Å². The maximum absolute atomic E-state index is 12.2. The van der Waals surface area contributed by atoms with Crippen molar-refractivity contribution in [2.45, 2.75) is 6.92 Å². The van der Waals surface area contributed by atoms with Crippen molar-refractivity contribution in [1.29, 1.82) is 5.26 Å². The number of benzene rings is 2. The SMILES string of the molecule is Cc1cc(O)ccc1C(=O)Nc1ccc(Br)cc1C#N. The van der Waals surface area contributed by atoms with Crippen molar-refractivity contribution in [3.8, 4) is 11.8 Å². The maximum atomic E-state index is 12.2. The molecule has 0 aliphatic rings. The van der Waals surface area contributed by atoms with Gasteiger partial charge in [0.1, 0.15) is 11.8 Å². The number of anilines is 1. The average Bonchev–Trinajstić information content (AvgIpc) is 2.40. The maximum Gasteiger partial charge on any atom is 0.255 e. The number of rotatable bonds is 2. The van der Waals surface area contributed by atoms with E-state index in [9.17, 15) is 9.90 Å². The van der Waals surface area contributed by atoms with Crippen LogP contribution in [0.2, 0.25) is 0 Å². The molecule has 0 spiro atoms. The Morgan fingerprint density at radius 2 is 2.05 bits per heavy atom. The molecule has 2 N–H and O–H groups in total. The van der Waals surface area contributed by atoms with Gasteiger partial charge in [0.25, 0.3) is 5.91 Å². The molecule has 0 unspecified atom stereocenters. The van der Waals surface area contributed by atoms with Crippen LogP contribution in [-0.4, -0.2) is 11.0 Å². The predicted octanol–water partition coefficient (Wildman–Crippen LogP) is 3.59. The molecule has 20 heavy (non-hydrogen) atoms. The van der Waals surface area contributed by atoms with E-state index in [0.717, 1.165) is 4.47 Å². The number of carbonyl (C=O) groups excluding carboxylic acids is 1. The van der Waals surface area contributed by atoms with Gasteiger partial charge in [0.05, 0.1) is 11.3 Å². The van der Waals surface area contributed by atoms with Crippen LogP contribution in [0.15, 0.2) is 40.9 Å². The van der Waals surface area contributed by atoms with Gasteiger partial charge >= 0.3 is 0 Å². The minimum absolute atomic E-state index is 0.111. The van der Waals surface area contributed by atoms with Crippen LogP contribution in [0.1, 0.15) is 21.5 Å². The molecule has 0 saturated carbocycles. The van der Waals surface area contributed by atoms with Crippen molar-refractivity contribution < 1.29 is 9.90 Å². The van der Waals surface area contributed by atoms with E-state index in [-0.39, 0.29) is 11.7 Å². The molecule has 0 aliphatic heterocycles. The zero-order chi connectivity index (χ0) is 14.7. The topological polar surface area (TPSA) is 73.1 Å². The largest absolute Gasteiger partial charge is 0.508 e. The fourth-order valence-corrected chi connectivity index (χ4v) is 2.17. The fourth-order valence-electron chi connectivity index (χ4n) is 1.81. The Kier molecular flexibility index (Phi) is 4.06. The first-order valence-corrected chi connectivity index (χ1v) is 6.61. The molecule has 5 heteroatoms. The van der Waals surface area contributed by atoms with Crippen LogP contribution in [0.25, 0.3) is 0 Å². The van der Waals surface area contributed by atoms with E-state index in [1.807, 2.05) is 6.07 Å². The Labute approximate surface area is 124 Å². The molecule has 0 aliphatic carbocycles. The summed E-state index contributed by atoms with van der Waals surface area (Å²) >= 11 is 3.28. The highest BCUT2D eigenvalue weighted by molar-refractivity contribution is 9.10. The number of halogens is 1. The van der Waals surface area contributed by atoms with Gasteiger partial charge < -0.3 is 10.4 Å². The molecule has 0 bridgehead atoms. The third-order valence-electron chi connectivity index (χ3n) is 2.80. The molecule has 0 fully saturated rings. The Hall–Kier alpha value is -2.32. The number of nitrogens with zero attached hydrogens (tertiary/aromatic N) is 1. The lowest BCUT2D eigenvalue weighted by Crippen LogP contribution is -2.14. The lowest BCUT2D eigenvalue weighted by molar-refractivity contribution is 0.102. The summed E-state index contributed by atoms with van der Waals surface area (Å²) in [6, 6.07) is 11.6. The Balaban J connectivity index is 2.31. The summed E-state index contributed by atoms with van der Waals surface area (Å²) in [7, 11) is 0. The molecule has 0 saturated heterocycles. The number of hydrogen-bond acceptors (Lipinski definition) is 3. The van der Waals surface area contributed by atoms with Crippen LogP contribution in [0.5, 0.6) is 5.75 Å². The van der Waals surface area contributed by atoms with Crippen LogP contribution in [0.4, 0.5) is 5.69 Å². The van der Waals surface area contributed by atoms with Gasteiger partial charge in [-0.2, -0.15) is 5.26 Å². The molecule has 100 valence electrons. The molecule has 0 aromatic heterocycles. The molecule has 2 aromatic rings. The Morgan fingerprint density at radius 1 is 1.30 bits per heavy atom. The molecular weight excluding hydrogens is 320 g/mol. The van der Waals surface area contributed by atoms with Gasteiger partial charge in [0.2, 0.25) is 0 Å². The summed E-state index contributed by atoms with van der Waals surface area (Å²) in [5, 5.41) is 21.1. The van der Waals surface area contributed by atoms with Gasteiger partial charge in [0.15, 0.2) is 0 Å². The van der Waals surface area contributed by atoms with Gasteiger partial charge in [0, 0.05) is 10.0 Å². The van der Waals surface area contributed by atoms with E-state index >= 15 is 0 Å². The summed E-state index contributed by atoms with van der Waals surface area (Å²) in [5.74, 6) is -0.207. The molecule has 2 rings (SSSR count). The van der Waals surface area contributed by atoms with Crippen molar-refractivity contribution in [1.82, 2.24) is 0 Å². The standard InChI is InChI=1S/C15H11BrN2O2/c1-9-6-12(19)3-4-13(9)15(20)18-14-5-2-11(16)7-10(14)8-17/h2-7,19H,1H3,(H,18,20). The van der Waals surface area contributed by atoms with E-state index in [0.29, 0.717) is 22.4 Å². The number of amides is 1. The molecule has 2 aromatic carbocycles. The third kappa shape index (κ3) is 2.98. The molecule has 4 nitrogen and oxygen atoms in total. The smallest absolute Gasteiger partial charge is 0.255 e. The second-order valence-electron chi connectivity index (χ2n) is 4.26. The normalized spacial score (nSPS) is 9.85. The van der Waals surface area contributed by atoms with E-state index in [2.05, 4.69) is 21.2 Å². The molecule has 0 radical (unpaired) electrons. The third-order valence-corrected chi connectivity index (χ3v) is 3.30. The highest BCUT2D eigenvalue weighted by Gasteiger charge is 2.12. The summed E-state index contributed by atoms with van der Waals surface area (Å²) in [6.45, 7) is 1.74. The fraction of sp³-hybridized carbons (Fsp3) is 0.0667. The number of nitriles is 1. The quantitative estimate of drug-likeness (QED) is 0.883. The number of aryl methyl sites for hydroxylation is 1. The minimum Gasteiger partial charge on any atom is -0.508 e. The first-order valence-electron chi connectivity index (χ1n) is 5.82. The number of nitrogens with one attached hydrogen (secondary N) is 1. The number of carbonyl (C=O) groups is 1. The number of hydrogen-bond donors (Lipinski definition) is 2. The van der Waals surface area contributed by atoms with E-state index < -0.39 is 0 Å². The Morgan fingerprint density at radius 3 is 2.70 bits per heavy atom. The van der Waals surface area contributed by atoms with Gasteiger partial charge in [-0.05, 0) is 48.9 Å². The first-order chi connectivity index (χ1) is 9.51. The summed E-state index contributed by atoms with van der Waals surface area (Å²) in [6.07, 6.45) is 0. The second-order valence-corrected chi connectivity index (χ2v) is 5.17. The van der Waals surface area contributed by atoms with Crippen LogP contribution in [0.3, 0.4) is 0 Å². The summed E-state index contributed by atoms with van der Waals surface area (Å²) in [4.78, 5) is 12.2. The van der Waals surface area contributed by atoms with Crippen molar-refractivity contribution >= 4 is 27.5 Å². The van der Waals surface area contributed by atoms with Gasteiger partial charge in [-0.25, -0.2) is 0 Å². The molecule has 0 atom stereocenters. The van der Waals surface area contributed by atoms with Gasteiger partial charge in [-0.15, -0.1) is 0 Å². The van der Waals surface area contributed by atoms with Crippen molar-refractivity contribution in [3.63, 3.8) is 0 Å². The molecule has 1 amide bonds. The highest BCUT2D eigenvalue weighted by Crippen LogP contribution is 2.22. The van der Waals surface area contributed by atoms with Gasteiger partial charge in [-0.3, -0.25) is 4.79 Å². The van der Waals surface area contributed by atoms with Crippen LogP contribution >= 0.6 is 15.9 Å². The van der Waals surface area contributed by atoms with Gasteiger partial charge in [-0.1, -0.05) is 15.9 Å². The zero-order valence-electron chi connectivity index (χ0n) is 10.6. The average molecular weight is 331 g/mol. The monoisotopic (exact) mass is 330 g/mol. The number of phenols is 1. The van der Waals surface area contributed by atoms with Crippen molar-refractivity contribution in [2.24, 2.45) is 0 Å². The zero-order valence-corrected chi connectivity index (χ0v) is 12.2. The number of aromatic hydroxyl groups is 1. The first kappa shape index (κ1) is 14.1. The van der Waals surface area contributed by atoms with E-state index in [4.69, 9.17) is 5.26 Å². The lowest BCUT2D eigenvalue weighted by Gasteiger charge is -2.09. The van der Waals surface area contributed by atoms with E-state index in [1.165, 1.54) is 12.1 Å². The molecular formula is C15H11BrN2O2. The summed E-state index contributed by atoms with van der Waals surface area (Å²) in [5.41, 5.74) is 1.95. The lowest BCUT2D eigenvalue weighted by atomic mass is 10.1. The van der Waals surface area contributed by atoms with E-state index in [1.54, 1.807) is 31.2 Å². The van der Waals surface area contributed by atoms with Crippen LogP contribution in [-0.2, 0) is 0 Å². The van der Waals surface area contributed by atoms with Crippen molar-refractivity contribution in [3.05, 3.63) is 57.6 Å². The minimum atomic E-state index is -0.318. The summed E-state index contributed by atoms with van der Waals surface area (Å²) < 4.78 is 0.771.